The monoisotopic (exact) mass is 399 g/mol. The maximum Gasteiger partial charge on any atom is 0.353 e. The van der Waals surface area contributed by atoms with Gasteiger partial charge in [-0.15, -0.1) is 0 Å². The smallest absolute Gasteiger partial charge is 0.353 e. The average molecular weight is 399 g/mol. The summed E-state index contributed by atoms with van der Waals surface area (Å²) in [4.78, 5) is 18.8. The van der Waals surface area contributed by atoms with Gasteiger partial charge in [0.1, 0.15) is 6.33 Å². The van der Waals surface area contributed by atoms with Crippen molar-refractivity contribution in [3.63, 3.8) is 0 Å². The van der Waals surface area contributed by atoms with E-state index in [1.165, 1.54) is 6.33 Å². The summed E-state index contributed by atoms with van der Waals surface area (Å²) in [5.41, 5.74) is 0.618. The van der Waals surface area contributed by atoms with Gasteiger partial charge in [0.25, 0.3) is 0 Å². The van der Waals surface area contributed by atoms with Crippen molar-refractivity contribution in [2.75, 3.05) is 17.2 Å². The third-order valence-electron chi connectivity index (χ3n) is 2.67. The van der Waals surface area contributed by atoms with Gasteiger partial charge in [-0.3, -0.25) is 10.1 Å². The molecule has 0 aliphatic carbocycles. The van der Waals surface area contributed by atoms with Gasteiger partial charge < -0.3 is 10.6 Å². The number of nitrogens with zero attached hydrogens (tertiary/aromatic N) is 3. The summed E-state index contributed by atoms with van der Waals surface area (Å²) in [6.45, 7) is 2.59. The van der Waals surface area contributed by atoms with Crippen LogP contribution in [-0.4, -0.2) is 21.4 Å². The average Bonchev–Trinajstić information content (AvgIpc) is 2.47. The second-order valence-electron chi connectivity index (χ2n) is 4.21. The van der Waals surface area contributed by atoms with E-state index in [-0.39, 0.29) is 17.3 Å². The highest BCUT2D eigenvalue weighted by atomic mass is 127. The fraction of sp³-hybridized carbons (Fsp3) is 0.231. The minimum atomic E-state index is -0.476. The SMILES string of the molecule is CCCNc1ncnc(Nc2ccccc2I)c1[N+](=O)[O-]. The fourth-order valence-corrected chi connectivity index (χ4v) is 2.23. The van der Waals surface area contributed by atoms with Crippen LogP contribution >= 0.6 is 22.6 Å². The highest BCUT2D eigenvalue weighted by Crippen LogP contribution is 2.32. The van der Waals surface area contributed by atoms with Crippen molar-refractivity contribution in [3.8, 4) is 0 Å². The third kappa shape index (κ3) is 3.78. The van der Waals surface area contributed by atoms with E-state index in [4.69, 9.17) is 0 Å². The van der Waals surface area contributed by atoms with Gasteiger partial charge in [-0.1, -0.05) is 19.1 Å². The van der Waals surface area contributed by atoms with E-state index in [1.54, 1.807) is 0 Å². The van der Waals surface area contributed by atoms with Crippen LogP contribution in [0.5, 0.6) is 0 Å². The van der Waals surface area contributed by atoms with Crippen LogP contribution in [0.1, 0.15) is 13.3 Å². The summed E-state index contributed by atoms with van der Waals surface area (Å²) in [6.07, 6.45) is 2.16. The minimum absolute atomic E-state index is 0.148. The van der Waals surface area contributed by atoms with E-state index < -0.39 is 4.92 Å². The molecule has 0 fully saturated rings. The van der Waals surface area contributed by atoms with Crippen LogP contribution in [0.25, 0.3) is 0 Å². The molecule has 8 heteroatoms. The van der Waals surface area contributed by atoms with Crippen molar-refractivity contribution >= 4 is 45.6 Å². The maximum absolute atomic E-state index is 11.3. The Balaban J connectivity index is 2.39. The molecule has 0 aliphatic heterocycles. The Morgan fingerprint density at radius 1 is 1.29 bits per heavy atom. The Kier molecular flexibility index (Phi) is 5.26. The molecule has 0 radical (unpaired) electrons. The summed E-state index contributed by atoms with van der Waals surface area (Å²) >= 11 is 2.16. The van der Waals surface area contributed by atoms with Crippen LogP contribution < -0.4 is 10.6 Å². The molecule has 110 valence electrons. The van der Waals surface area contributed by atoms with Crippen molar-refractivity contribution in [3.05, 3.63) is 44.3 Å². The van der Waals surface area contributed by atoms with Gasteiger partial charge in [0, 0.05) is 10.1 Å². The van der Waals surface area contributed by atoms with E-state index in [0.29, 0.717) is 6.54 Å². The van der Waals surface area contributed by atoms with Crippen molar-refractivity contribution in [1.29, 1.82) is 0 Å². The highest BCUT2D eigenvalue weighted by molar-refractivity contribution is 14.1. The van der Waals surface area contributed by atoms with Crippen LogP contribution in [0.4, 0.5) is 23.0 Å². The van der Waals surface area contributed by atoms with Gasteiger partial charge in [-0.25, -0.2) is 9.97 Å². The predicted octanol–water partition coefficient (Wildman–Crippen LogP) is 3.55. The van der Waals surface area contributed by atoms with E-state index >= 15 is 0 Å². The van der Waals surface area contributed by atoms with E-state index in [2.05, 4.69) is 43.2 Å². The van der Waals surface area contributed by atoms with Crippen molar-refractivity contribution in [2.45, 2.75) is 13.3 Å². The minimum Gasteiger partial charge on any atom is -0.364 e. The number of nitrogens with one attached hydrogen (secondary N) is 2. The first-order chi connectivity index (χ1) is 10.1. The molecule has 0 aliphatic rings. The van der Waals surface area contributed by atoms with Crippen molar-refractivity contribution in [1.82, 2.24) is 9.97 Å². The lowest BCUT2D eigenvalue weighted by Crippen LogP contribution is -2.09. The molecule has 2 aromatic rings. The molecule has 7 nitrogen and oxygen atoms in total. The topological polar surface area (TPSA) is 93.0 Å². The van der Waals surface area contributed by atoms with Crippen LogP contribution in [0, 0.1) is 13.7 Å². The van der Waals surface area contributed by atoms with Crippen LogP contribution in [0.15, 0.2) is 30.6 Å². The molecule has 2 rings (SSSR count). The largest absolute Gasteiger partial charge is 0.364 e. The van der Waals surface area contributed by atoms with E-state index in [9.17, 15) is 10.1 Å². The van der Waals surface area contributed by atoms with E-state index in [1.807, 2.05) is 31.2 Å². The van der Waals surface area contributed by atoms with Crippen LogP contribution in [0.2, 0.25) is 0 Å². The number of anilines is 3. The first-order valence-corrected chi connectivity index (χ1v) is 7.46. The van der Waals surface area contributed by atoms with Gasteiger partial charge in [-0.2, -0.15) is 0 Å². The lowest BCUT2D eigenvalue weighted by molar-refractivity contribution is -0.383. The Bertz CT molecular complexity index is 650. The van der Waals surface area contributed by atoms with Crippen LogP contribution in [0.3, 0.4) is 0 Å². The van der Waals surface area contributed by atoms with Gasteiger partial charge in [0.15, 0.2) is 0 Å². The zero-order valence-corrected chi connectivity index (χ0v) is 13.5. The number of hydrogen-bond donors (Lipinski definition) is 2. The molecule has 0 saturated heterocycles. The molecule has 1 heterocycles. The van der Waals surface area contributed by atoms with Gasteiger partial charge >= 0.3 is 5.69 Å². The Labute approximate surface area is 135 Å². The molecule has 1 aromatic carbocycles. The summed E-state index contributed by atoms with van der Waals surface area (Å²) in [5.74, 6) is 0.406. The Morgan fingerprint density at radius 3 is 2.67 bits per heavy atom. The van der Waals surface area contributed by atoms with Gasteiger partial charge in [0.05, 0.1) is 10.6 Å². The molecule has 0 atom stereocenters. The number of para-hydroxylation sites is 1. The quantitative estimate of drug-likeness (QED) is 0.439. The molecule has 2 N–H and O–H groups in total. The molecule has 0 spiro atoms. The Morgan fingerprint density at radius 2 is 2.00 bits per heavy atom. The highest BCUT2D eigenvalue weighted by Gasteiger charge is 2.23. The molecule has 0 bridgehead atoms. The maximum atomic E-state index is 11.3. The molecular weight excluding hydrogens is 385 g/mol. The number of nitro groups is 1. The summed E-state index contributed by atoms with van der Waals surface area (Å²) in [7, 11) is 0. The lowest BCUT2D eigenvalue weighted by atomic mass is 10.3. The number of hydrogen-bond acceptors (Lipinski definition) is 6. The standard InChI is InChI=1S/C13H14IN5O2/c1-2-7-15-12-11(19(20)21)13(17-8-16-12)18-10-6-4-3-5-9(10)14/h3-6,8H,2,7H2,1H3,(H2,15,16,17,18). The first-order valence-electron chi connectivity index (χ1n) is 6.38. The summed E-state index contributed by atoms with van der Waals surface area (Å²) in [5, 5.41) is 17.3. The normalized spacial score (nSPS) is 10.2. The molecular formula is C13H14IN5O2. The molecule has 21 heavy (non-hydrogen) atoms. The van der Waals surface area contributed by atoms with Crippen molar-refractivity contribution in [2.24, 2.45) is 0 Å². The zero-order chi connectivity index (χ0) is 15.2. The second-order valence-corrected chi connectivity index (χ2v) is 5.37. The summed E-state index contributed by atoms with van der Waals surface area (Å²) in [6, 6.07) is 7.50. The summed E-state index contributed by atoms with van der Waals surface area (Å²) < 4.78 is 0.950. The van der Waals surface area contributed by atoms with Gasteiger partial charge in [-0.05, 0) is 41.1 Å². The first kappa shape index (κ1) is 15.4. The molecule has 0 saturated carbocycles. The molecule has 1 aromatic heterocycles. The number of aromatic nitrogens is 2. The molecule has 0 amide bonds. The number of benzene rings is 1. The van der Waals surface area contributed by atoms with Gasteiger partial charge in [0.2, 0.25) is 11.6 Å². The number of rotatable bonds is 6. The predicted molar refractivity (Wildman–Crippen MR) is 89.9 cm³/mol. The molecule has 0 unspecified atom stereocenters. The van der Waals surface area contributed by atoms with Crippen LogP contribution in [-0.2, 0) is 0 Å². The van der Waals surface area contributed by atoms with E-state index in [0.717, 1.165) is 15.7 Å². The third-order valence-corrected chi connectivity index (χ3v) is 3.61. The number of halogens is 1. The zero-order valence-electron chi connectivity index (χ0n) is 11.3. The fourth-order valence-electron chi connectivity index (χ4n) is 1.71. The Hall–Kier alpha value is -1.97. The second kappa shape index (κ2) is 7.16. The lowest BCUT2D eigenvalue weighted by Gasteiger charge is -2.10. The van der Waals surface area contributed by atoms with Crippen molar-refractivity contribution < 1.29 is 4.92 Å².